The number of hydrogen-bond acceptors (Lipinski definition) is 5. The lowest BCUT2D eigenvalue weighted by molar-refractivity contribution is 0.0969. The van der Waals surface area contributed by atoms with Crippen LogP contribution in [0.1, 0.15) is 31.0 Å². The second-order valence-corrected chi connectivity index (χ2v) is 6.50. The van der Waals surface area contributed by atoms with E-state index >= 15 is 0 Å². The molecule has 0 spiro atoms. The van der Waals surface area contributed by atoms with Crippen LogP contribution >= 0.6 is 11.3 Å². The lowest BCUT2D eigenvalue weighted by Crippen LogP contribution is -2.44. The first-order valence-corrected chi connectivity index (χ1v) is 8.45. The van der Waals surface area contributed by atoms with Crippen LogP contribution in [0.3, 0.4) is 0 Å². The second kappa shape index (κ2) is 7.72. The van der Waals surface area contributed by atoms with Gasteiger partial charge in [-0.15, -0.1) is 11.3 Å². The van der Waals surface area contributed by atoms with Crippen LogP contribution in [-0.4, -0.2) is 29.3 Å². The molecule has 4 nitrogen and oxygen atoms in total. The second-order valence-electron chi connectivity index (χ2n) is 5.64. The van der Waals surface area contributed by atoms with Crippen molar-refractivity contribution in [1.29, 1.82) is 0 Å². The normalized spacial score (nSPS) is 15.3. The molecule has 2 atom stereocenters. The highest BCUT2D eigenvalue weighted by molar-refractivity contribution is 7.09. The molecule has 0 fully saturated rings. The van der Waals surface area contributed by atoms with Gasteiger partial charge in [0.1, 0.15) is 23.5 Å². The van der Waals surface area contributed by atoms with E-state index in [-0.39, 0.29) is 12.1 Å². The summed E-state index contributed by atoms with van der Waals surface area (Å²) in [6, 6.07) is 9.54. The molecule has 0 aliphatic carbocycles. The maximum Gasteiger partial charge on any atom is 0.119 e. The van der Waals surface area contributed by atoms with Crippen molar-refractivity contribution >= 4 is 11.3 Å². The van der Waals surface area contributed by atoms with Crippen LogP contribution in [0.2, 0.25) is 0 Å². The summed E-state index contributed by atoms with van der Waals surface area (Å²) in [7, 11) is 0. The van der Waals surface area contributed by atoms with E-state index in [9.17, 15) is 5.11 Å². The van der Waals surface area contributed by atoms with Crippen LogP contribution in [0, 0.1) is 6.92 Å². The molecule has 0 amide bonds. The van der Waals surface area contributed by atoms with Crippen LogP contribution < -0.4 is 10.1 Å². The fourth-order valence-electron chi connectivity index (χ4n) is 2.07. The molecule has 0 aliphatic heterocycles. The summed E-state index contributed by atoms with van der Waals surface area (Å²) in [5.74, 6) is 0.773. The molecule has 2 aromatic rings. The van der Waals surface area contributed by atoms with Crippen molar-refractivity contribution in [1.82, 2.24) is 10.3 Å². The highest BCUT2D eigenvalue weighted by atomic mass is 32.1. The molecule has 5 heteroatoms. The highest BCUT2D eigenvalue weighted by Crippen LogP contribution is 2.27. The van der Waals surface area contributed by atoms with E-state index in [4.69, 9.17) is 4.74 Å². The Morgan fingerprint density at radius 3 is 2.68 bits per heavy atom. The summed E-state index contributed by atoms with van der Waals surface area (Å²) < 4.78 is 5.57. The van der Waals surface area contributed by atoms with Crippen molar-refractivity contribution < 1.29 is 9.84 Å². The minimum Gasteiger partial charge on any atom is -0.491 e. The topological polar surface area (TPSA) is 54.4 Å². The fourth-order valence-corrected chi connectivity index (χ4v) is 3.08. The first-order valence-electron chi connectivity index (χ1n) is 7.57. The van der Waals surface area contributed by atoms with Crippen molar-refractivity contribution in [2.24, 2.45) is 0 Å². The van der Waals surface area contributed by atoms with E-state index in [1.54, 1.807) is 11.3 Å². The quantitative estimate of drug-likeness (QED) is 0.785. The smallest absolute Gasteiger partial charge is 0.119 e. The number of ether oxygens (including phenoxy) is 1. The van der Waals surface area contributed by atoms with Gasteiger partial charge in [0.2, 0.25) is 0 Å². The average molecular weight is 320 g/mol. The molecular formula is C17H24N2O2S. The van der Waals surface area contributed by atoms with E-state index in [0.29, 0.717) is 6.54 Å². The largest absolute Gasteiger partial charge is 0.491 e. The predicted molar refractivity (Wildman–Crippen MR) is 90.4 cm³/mol. The lowest BCUT2D eigenvalue weighted by atomic mass is 9.99. The fraction of sp³-hybridized carbons (Fsp3) is 0.471. The van der Waals surface area contributed by atoms with E-state index in [0.717, 1.165) is 22.9 Å². The van der Waals surface area contributed by atoms with Gasteiger partial charge in [0, 0.05) is 17.6 Å². The van der Waals surface area contributed by atoms with Crippen molar-refractivity contribution in [3.05, 3.63) is 46.4 Å². The zero-order valence-electron chi connectivity index (χ0n) is 13.4. The molecule has 0 saturated heterocycles. The number of thiazole rings is 1. The Kier molecular flexibility index (Phi) is 5.94. The van der Waals surface area contributed by atoms with Gasteiger partial charge in [-0.2, -0.15) is 0 Å². The van der Waals surface area contributed by atoms with Crippen LogP contribution in [0.4, 0.5) is 0 Å². The van der Waals surface area contributed by atoms with Crippen LogP contribution in [0.25, 0.3) is 0 Å². The predicted octanol–water partition coefficient (Wildman–Crippen LogP) is 3.11. The Labute approximate surface area is 136 Å². The Morgan fingerprint density at radius 2 is 2.09 bits per heavy atom. The van der Waals surface area contributed by atoms with Gasteiger partial charge in [-0.3, -0.25) is 0 Å². The highest BCUT2D eigenvalue weighted by Gasteiger charge is 2.27. The maximum absolute atomic E-state index is 10.1. The third-order valence-corrected chi connectivity index (χ3v) is 4.94. The summed E-state index contributed by atoms with van der Waals surface area (Å²) in [6.07, 6.45) is 0.346. The summed E-state index contributed by atoms with van der Waals surface area (Å²) >= 11 is 1.66. The molecule has 1 aromatic carbocycles. The van der Waals surface area contributed by atoms with Gasteiger partial charge >= 0.3 is 0 Å². The Hall–Kier alpha value is -1.43. The van der Waals surface area contributed by atoms with E-state index < -0.39 is 6.10 Å². The van der Waals surface area contributed by atoms with E-state index in [2.05, 4.69) is 29.5 Å². The Balaban J connectivity index is 1.85. The minimum absolute atomic E-state index is 0.216. The van der Waals surface area contributed by atoms with Crippen molar-refractivity contribution in [2.45, 2.75) is 38.8 Å². The molecule has 2 unspecified atom stereocenters. The number of nitrogens with zero attached hydrogens (tertiary/aromatic N) is 1. The van der Waals surface area contributed by atoms with Crippen molar-refractivity contribution in [2.75, 3.05) is 13.2 Å². The molecule has 0 radical (unpaired) electrons. The molecule has 0 saturated carbocycles. The summed E-state index contributed by atoms with van der Waals surface area (Å²) in [4.78, 5) is 4.57. The van der Waals surface area contributed by atoms with Gasteiger partial charge < -0.3 is 15.2 Å². The monoisotopic (exact) mass is 320 g/mol. The molecule has 1 heterocycles. The SMILES string of the molecule is CCC(C)(NCC(O)COc1ccccc1)c1nc(C)cs1. The number of rotatable bonds is 8. The number of para-hydroxylation sites is 1. The first kappa shape index (κ1) is 16.9. The standard InChI is InChI=1S/C17H24N2O2S/c1-4-17(3,16-19-13(2)12-22-16)18-10-14(20)11-21-15-8-6-5-7-9-15/h5-9,12,14,18,20H,4,10-11H2,1-3H3. The van der Waals surface area contributed by atoms with Crippen molar-refractivity contribution in [3.63, 3.8) is 0 Å². The maximum atomic E-state index is 10.1. The number of aromatic nitrogens is 1. The molecule has 0 aliphatic rings. The van der Waals surface area contributed by atoms with Gasteiger partial charge in [0.15, 0.2) is 0 Å². The van der Waals surface area contributed by atoms with Gasteiger partial charge in [-0.25, -0.2) is 4.98 Å². The molecular weight excluding hydrogens is 296 g/mol. The lowest BCUT2D eigenvalue weighted by Gasteiger charge is -2.29. The van der Waals surface area contributed by atoms with Crippen molar-refractivity contribution in [3.8, 4) is 5.75 Å². The van der Waals surface area contributed by atoms with Gasteiger partial charge in [0.25, 0.3) is 0 Å². The third-order valence-electron chi connectivity index (χ3n) is 3.71. The van der Waals surface area contributed by atoms with Gasteiger partial charge in [0.05, 0.1) is 5.54 Å². The Bertz CT molecular complexity index is 573. The van der Waals surface area contributed by atoms with Crippen LogP contribution in [0.5, 0.6) is 5.75 Å². The molecule has 120 valence electrons. The molecule has 2 N–H and O–H groups in total. The summed E-state index contributed by atoms with van der Waals surface area (Å²) in [6.45, 7) is 6.98. The molecule has 22 heavy (non-hydrogen) atoms. The number of aliphatic hydroxyl groups is 1. The number of aliphatic hydroxyl groups excluding tert-OH is 1. The Morgan fingerprint density at radius 1 is 1.36 bits per heavy atom. The van der Waals surface area contributed by atoms with Gasteiger partial charge in [-0.1, -0.05) is 25.1 Å². The van der Waals surface area contributed by atoms with E-state index in [1.165, 1.54) is 0 Å². The number of hydrogen-bond donors (Lipinski definition) is 2. The van der Waals surface area contributed by atoms with Crippen LogP contribution in [0.15, 0.2) is 35.7 Å². The third kappa shape index (κ3) is 4.53. The number of nitrogens with one attached hydrogen (secondary N) is 1. The molecule has 2 rings (SSSR count). The number of aryl methyl sites for hydroxylation is 1. The minimum atomic E-state index is -0.563. The average Bonchev–Trinajstić information content (AvgIpc) is 2.99. The van der Waals surface area contributed by atoms with Crippen LogP contribution in [-0.2, 0) is 5.54 Å². The molecule has 1 aromatic heterocycles. The summed E-state index contributed by atoms with van der Waals surface area (Å²) in [5.41, 5.74) is 0.821. The summed E-state index contributed by atoms with van der Waals surface area (Å²) in [5, 5.41) is 16.7. The van der Waals surface area contributed by atoms with Gasteiger partial charge in [-0.05, 0) is 32.4 Å². The zero-order valence-corrected chi connectivity index (χ0v) is 14.2. The zero-order chi connectivity index (χ0) is 16.0. The number of benzene rings is 1. The first-order chi connectivity index (χ1) is 10.5. The molecule has 0 bridgehead atoms. The van der Waals surface area contributed by atoms with E-state index in [1.807, 2.05) is 37.3 Å².